The van der Waals surface area contributed by atoms with E-state index < -0.39 is 0 Å². The molecule has 0 fully saturated rings. The Bertz CT molecular complexity index is 515. The summed E-state index contributed by atoms with van der Waals surface area (Å²) in [6, 6.07) is 5.05. The molecule has 0 aliphatic rings. The Morgan fingerprint density at radius 2 is 2.05 bits per heavy atom. The molecule has 0 aliphatic carbocycles. The molecule has 0 spiro atoms. The van der Waals surface area contributed by atoms with Gasteiger partial charge in [0.05, 0.1) is 13.7 Å². The number of benzene rings is 1. The zero-order valence-electron chi connectivity index (χ0n) is 13.0. The maximum absolute atomic E-state index is 12.6. The summed E-state index contributed by atoms with van der Waals surface area (Å²) in [5.74, 6) is -0.109. The molecule has 0 aliphatic heterocycles. The fraction of sp³-hybridized carbons (Fsp3) is 0.467. The van der Waals surface area contributed by atoms with Gasteiger partial charge in [0.25, 0.3) is 5.91 Å². The minimum absolute atomic E-state index is 0.00893. The second-order valence-corrected chi connectivity index (χ2v) is 4.97. The van der Waals surface area contributed by atoms with Crippen molar-refractivity contribution in [1.29, 1.82) is 0 Å². The Labute approximate surface area is 125 Å². The highest BCUT2D eigenvalue weighted by Crippen LogP contribution is 2.25. The molecule has 0 atom stereocenters. The quantitative estimate of drug-likeness (QED) is 0.773. The SMILES string of the molecule is CCN(CC(=O)NC(C)C)C(=O)c1c(N)cccc1OC. The van der Waals surface area contributed by atoms with Crippen molar-refractivity contribution in [2.24, 2.45) is 0 Å². The molecule has 0 bridgehead atoms. The molecule has 116 valence electrons. The van der Waals surface area contributed by atoms with Crippen molar-refractivity contribution in [3.63, 3.8) is 0 Å². The minimum atomic E-state index is -0.314. The first kappa shape index (κ1) is 16.8. The van der Waals surface area contributed by atoms with Crippen molar-refractivity contribution >= 4 is 17.5 Å². The number of nitrogens with zero attached hydrogens (tertiary/aromatic N) is 1. The van der Waals surface area contributed by atoms with Crippen LogP contribution in [0.25, 0.3) is 0 Å². The van der Waals surface area contributed by atoms with Gasteiger partial charge in [-0.3, -0.25) is 9.59 Å². The lowest BCUT2D eigenvalue weighted by Crippen LogP contribution is -2.42. The maximum atomic E-state index is 12.6. The summed E-state index contributed by atoms with van der Waals surface area (Å²) in [6.07, 6.45) is 0. The number of rotatable bonds is 6. The molecule has 0 radical (unpaired) electrons. The Hall–Kier alpha value is -2.24. The van der Waals surface area contributed by atoms with Gasteiger partial charge in [0.1, 0.15) is 11.3 Å². The standard InChI is InChI=1S/C15H23N3O3/c1-5-18(9-13(19)17-10(2)3)15(20)14-11(16)7-6-8-12(14)21-4/h6-8,10H,5,9,16H2,1-4H3,(H,17,19). The normalized spacial score (nSPS) is 10.3. The first-order chi connectivity index (χ1) is 9.90. The Morgan fingerprint density at radius 1 is 1.38 bits per heavy atom. The lowest BCUT2D eigenvalue weighted by Gasteiger charge is -2.22. The minimum Gasteiger partial charge on any atom is -0.496 e. The molecule has 6 nitrogen and oxygen atoms in total. The predicted octanol–water partition coefficient (Wildman–Crippen LogP) is 1.26. The van der Waals surface area contributed by atoms with Crippen molar-refractivity contribution < 1.29 is 14.3 Å². The van der Waals surface area contributed by atoms with Gasteiger partial charge in [-0.25, -0.2) is 0 Å². The molecular formula is C15H23N3O3. The third-order valence-electron chi connectivity index (χ3n) is 2.95. The number of hydrogen-bond donors (Lipinski definition) is 2. The first-order valence-electron chi connectivity index (χ1n) is 6.91. The molecule has 21 heavy (non-hydrogen) atoms. The number of carbonyl (C=O) groups is 2. The number of nitrogens with one attached hydrogen (secondary N) is 1. The Balaban J connectivity index is 2.97. The fourth-order valence-electron chi connectivity index (χ4n) is 1.97. The molecule has 2 amide bonds. The van der Waals surface area contributed by atoms with Gasteiger partial charge >= 0.3 is 0 Å². The van der Waals surface area contributed by atoms with E-state index in [4.69, 9.17) is 10.5 Å². The average molecular weight is 293 g/mol. The van der Waals surface area contributed by atoms with Gasteiger partial charge in [-0.05, 0) is 32.9 Å². The largest absolute Gasteiger partial charge is 0.496 e. The van der Waals surface area contributed by atoms with Crippen LogP contribution >= 0.6 is 0 Å². The van der Waals surface area contributed by atoms with Crippen LogP contribution < -0.4 is 15.8 Å². The summed E-state index contributed by atoms with van der Waals surface area (Å²) in [6.45, 7) is 5.95. The van der Waals surface area contributed by atoms with E-state index in [1.165, 1.54) is 12.0 Å². The zero-order chi connectivity index (χ0) is 16.0. The van der Waals surface area contributed by atoms with E-state index in [2.05, 4.69) is 5.32 Å². The molecule has 3 N–H and O–H groups in total. The van der Waals surface area contributed by atoms with Crippen LogP contribution in [0.15, 0.2) is 18.2 Å². The van der Waals surface area contributed by atoms with Crippen molar-refractivity contribution in [3.05, 3.63) is 23.8 Å². The summed E-state index contributed by atoms with van der Waals surface area (Å²) in [7, 11) is 1.48. The molecule has 0 aromatic heterocycles. The van der Waals surface area contributed by atoms with Gasteiger partial charge in [0, 0.05) is 18.3 Å². The van der Waals surface area contributed by atoms with Gasteiger partial charge in [-0.1, -0.05) is 6.07 Å². The molecule has 1 aromatic rings. The number of amides is 2. The number of likely N-dealkylation sites (N-methyl/N-ethyl adjacent to an activating group) is 1. The van der Waals surface area contributed by atoms with Gasteiger partial charge in [-0.2, -0.15) is 0 Å². The number of carbonyl (C=O) groups excluding carboxylic acids is 2. The Morgan fingerprint density at radius 3 is 2.57 bits per heavy atom. The topological polar surface area (TPSA) is 84.7 Å². The second kappa shape index (κ2) is 7.52. The lowest BCUT2D eigenvalue weighted by molar-refractivity contribution is -0.122. The fourth-order valence-corrected chi connectivity index (χ4v) is 1.97. The summed E-state index contributed by atoms with van der Waals surface area (Å²) >= 11 is 0. The first-order valence-corrected chi connectivity index (χ1v) is 6.91. The van der Waals surface area contributed by atoms with Crippen LogP contribution in [0.5, 0.6) is 5.75 Å². The summed E-state index contributed by atoms with van der Waals surface area (Å²) in [5.41, 5.74) is 6.50. The second-order valence-electron chi connectivity index (χ2n) is 4.97. The zero-order valence-corrected chi connectivity index (χ0v) is 13.0. The van der Waals surface area contributed by atoms with Gasteiger partial charge in [0.2, 0.25) is 5.91 Å². The van der Waals surface area contributed by atoms with Crippen LogP contribution in [0.3, 0.4) is 0 Å². The summed E-state index contributed by atoms with van der Waals surface area (Å²) < 4.78 is 5.18. The third kappa shape index (κ3) is 4.37. The molecule has 0 saturated carbocycles. The molecule has 6 heteroatoms. The highest BCUT2D eigenvalue weighted by Gasteiger charge is 2.23. The lowest BCUT2D eigenvalue weighted by atomic mass is 10.1. The number of hydrogen-bond acceptors (Lipinski definition) is 4. The van der Waals surface area contributed by atoms with E-state index in [0.717, 1.165) is 0 Å². The molecule has 1 aromatic carbocycles. The van der Waals surface area contributed by atoms with Crippen molar-refractivity contribution in [2.75, 3.05) is 25.9 Å². The van der Waals surface area contributed by atoms with E-state index in [1.807, 2.05) is 20.8 Å². The van der Waals surface area contributed by atoms with Gasteiger partial charge in [0.15, 0.2) is 0 Å². The van der Waals surface area contributed by atoms with E-state index in [1.54, 1.807) is 18.2 Å². The smallest absolute Gasteiger partial charge is 0.260 e. The highest BCUT2D eigenvalue weighted by molar-refractivity contribution is 6.03. The van der Waals surface area contributed by atoms with Crippen molar-refractivity contribution in [3.8, 4) is 5.75 Å². The van der Waals surface area contributed by atoms with E-state index in [9.17, 15) is 9.59 Å². The molecule has 0 heterocycles. The summed E-state index contributed by atoms with van der Waals surface area (Å²) in [4.78, 5) is 25.9. The van der Waals surface area contributed by atoms with E-state index in [-0.39, 0.29) is 24.4 Å². The number of anilines is 1. The monoisotopic (exact) mass is 293 g/mol. The van der Waals surface area contributed by atoms with Crippen LogP contribution in [-0.2, 0) is 4.79 Å². The van der Waals surface area contributed by atoms with E-state index in [0.29, 0.717) is 23.5 Å². The molecule has 1 rings (SSSR count). The van der Waals surface area contributed by atoms with Gasteiger partial charge < -0.3 is 20.7 Å². The van der Waals surface area contributed by atoms with Gasteiger partial charge in [-0.15, -0.1) is 0 Å². The van der Waals surface area contributed by atoms with Crippen LogP contribution in [0.1, 0.15) is 31.1 Å². The van der Waals surface area contributed by atoms with Crippen molar-refractivity contribution in [1.82, 2.24) is 10.2 Å². The highest BCUT2D eigenvalue weighted by atomic mass is 16.5. The predicted molar refractivity (Wildman–Crippen MR) is 82.3 cm³/mol. The molecular weight excluding hydrogens is 270 g/mol. The van der Waals surface area contributed by atoms with Crippen LogP contribution in [0.2, 0.25) is 0 Å². The molecule has 0 saturated heterocycles. The Kier molecular flexibility index (Phi) is 6.02. The number of nitrogens with two attached hydrogens (primary N) is 1. The van der Waals surface area contributed by atoms with Crippen LogP contribution in [0, 0.1) is 0 Å². The number of ether oxygens (including phenoxy) is 1. The van der Waals surface area contributed by atoms with Crippen LogP contribution in [0.4, 0.5) is 5.69 Å². The third-order valence-corrected chi connectivity index (χ3v) is 2.95. The van der Waals surface area contributed by atoms with Crippen molar-refractivity contribution in [2.45, 2.75) is 26.8 Å². The van der Waals surface area contributed by atoms with Crippen LogP contribution in [-0.4, -0.2) is 43.0 Å². The number of methoxy groups -OCH3 is 1. The maximum Gasteiger partial charge on any atom is 0.260 e. The van der Waals surface area contributed by atoms with E-state index >= 15 is 0 Å². The number of nitrogen functional groups attached to an aromatic ring is 1. The molecule has 0 unspecified atom stereocenters. The summed E-state index contributed by atoms with van der Waals surface area (Å²) in [5, 5.41) is 2.76. The average Bonchev–Trinajstić information content (AvgIpc) is 2.42.